The fourth-order valence-corrected chi connectivity index (χ4v) is 3.32. The zero-order valence-corrected chi connectivity index (χ0v) is 14.6. The van der Waals surface area contributed by atoms with E-state index in [1.807, 2.05) is 0 Å². The van der Waals surface area contributed by atoms with E-state index < -0.39 is 39.7 Å². The molecule has 4 rings (SSSR count). The molecule has 0 radical (unpaired) electrons. The Labute approximate surface area is 157 Å². The minimum atomic E-state index is -5.08. The average molecular weight is 442 g/mol. The number of Topliss-reactive ketones (excluding diaryl/α,β-unsaturated/α-hetero) is 1. The molecule has 1 unspecified atom stereocenters. The van der Waals surface area contributed by atoms with E-state index >= 15 is 0 Å². The Morgan fingerprint density at radius 1 is 1.07 bits per heavy atom. The van der Waals surface area contributed by atoms with E-state index in [-0.39, 0.29) is 16.9 Å². The standard InChI is InChI=1S/C17H7BrF3NO5/c18-9-1-3-13-8(5-9)6-12-15(23)11-7-10(22(24)25)2-4-14(11)27-16(12,26-13)17(19,20)21/h1-7H. The predicted molar refractivity (Wildman–Crippen MR) is 89.6 cm³/mol. The highest BCUT2D eigenvalue weighted by atomic mass is 79.9. The number of nitrogens with zero attached hydrogens (tertiary/aromatic N) is 1. The van der Waals surface area contributed by atoms with E-state index in [4.69, 9.17) is 9.47 Å². The highest BCUT2D eigenvalue weighted by molar-refractivity contribution is 9.10. The molecule has 0 aliphatic carbocycles. The van der Waals surface area contributed by atoms with Gasteiger partial charge in [-0.1, -0.05) is 15.9 Å². The van der Waals surface area contributed by atoms with Gasteiger partial charge < -0.3 is 9.47 Å². The van der Waals surface area contributed by atoms with Crippen LogP contribution in [0.25, 0.3) is 6.08 Å². The number of nitro benzene ring substituents is 1. The fraction of sp³-hybridized carbons (Fsp3) is 0.118. The molecule has 0 amide bonds. The van der Waals surface area contributed by atoms with E-state index in [0.29, 0.717) is 4.47 Å². The van der Waals surface area contributed by atoms with E-state index in [2.05, 4.69) is 15.9 Å². The van der Waals surface area contributed by atoms with E-state index in [1.165, 1.54) is 18.2 Å². The van der Waals surface area contributed by atoms with Gasteiger partial charge in [-0.05, 0) is 30.3 Å². The monoisotopic (exact) mass is 441 g/mol. The first-order chi connectivity index (χ1) is 12.6. The van der Waals surface area contributed by atoms with Crippen molar-refractivity contribution in [3.05, 3.63) is 67.7 Å². The van der Waals surface area contributed by atoms with Crippen LogP contribution in [0.5, 0.6) is 11.5 Å². The predicted octanol–water partition coefficient (Wildman–Crippen LogP) is 4.67. The summed E-state index contributed by atoms with van der Waals surface area (Å²) < 4.78 is 52.7. The minimum absolute atomic E-state index is 0.113. The number of hydrogen-bond donors (Lipinski definition) is 0. The summed E-state index contributed by atoms with van der Waals surface area (Å²) in [7, 11) is 0. The molecule has 6 nitrogen and oxygen atoms in total. The van der Waals surface area contributed by atoms with Gasteiger partial charge in [0.25, 0.3) is 5.69 Å². The summed E-state index contributed by atoms with van der Waals surface area (Å²) in [4.78, 5) is 23.0. The first kappa shape index (κ1) is 17.5. The number of ketones is 1. The summed E-state index contributed by atoms with van der Waals surface area (Å²) in [6, 6.07) is 7.09. The van der Waals surface area contributed by atoms with Crippen LogP contribution in [-0.4, -0.2) is 22.7 Å². The van der Waals surface area contributed by atoms with Crippen molar-refractivity contribution in [1.82, 2.24) is 0 Å². The fourth-order valence-electron chi connectivity index (χ4n) is 2.94. The van der Waals surface area contributed by atoms with Crippen molar-refractivity contribution in [2.45, 2.75) is 12.0 Å². The van der Waals surface area contributed by atoms with Gasteiger partial charge in [0.05, 0.1) is 16.1 Å². The van der Waals surface area contributed by atoms with Gasteiger partial charge in [-0.15, -0.1) is 0 Å². The molecule has 0 spiro atoms. The SMILES string of the molecule is O=C1C2=Cc3cc(Br)ccc3OC2(C(F)(F)F)Oc2ccc([N+](=O)[O-])cc21. The first-order valence-electron chi connectivity index (χ1n) is 7.42. The number of ether oxygens (including phenoxy) is 2. The molecule has 138 valence electrons. The molecule has 0 fully saturated rings. The lowest BCUT2D eigenvalue weighted by Gasteiger charge is -2.42. The Bertz CT molecular complexity index is 1050. The van der Waals surface area contributed by atoms with Crippen LogP contribution in [0.15, 0.2) is 46.4 Å². The molecule has 0 saturated heterocycles. The van der Waals surface area contributed by atoms with Gasteiger partial charge in [0.1, 0.15) is 11.5 Å². The Morgan fingerprint density at radius 2 is 1.74 bits per heavy atom. The highest BCUT2D eigenvalue weighted by Gasteiger charge is 2.68. The second kappa shape index (κ2) is 5.56. The number of benzene rings is 2. The van der Waals surface area contributed by atoms with Crippen molar-refractivity contribution >= 4 is 33.5 Å². The minimum Gasteiger partial charge on any atom is -0.440 e. The van der Waals surface area contributed by atoms with Crippen LogP contribution in [0.3, 0.4) is 0 Å². The molecule has 2 aliphatic rings. The Morgan fingerprint density at radius 3 is 2.41 bits per heavy atom. The summed E-state index contributed by atoms with van der Waals surface area (Å²) in [6.45, 7) is 0. The Hall–Kier alpha value is -2.88. The summed E-state index contributed by atoms with van der Waals surface area (Å²) in [5.41, 5.74) is -1.33. The third kappa shape index (κ3) is 2.51. The number of nitro groups is 1. The lowest BCUT2D eigenvalue weighted by Crippen LogP contribution is -2.60. The van der Waals surface area contributed by atoms with Crippen LogP contribution in [0.2, 0.25) is 0 Å². The molecule has 2 heterocycles. The molecule has 2 aliphatic heterocycles. The number of carbonyl (C=O) groups excluding carboxylic acids is 1. The topological polar surface area (TPSA) is 78.7 Å². The summed E-state index contributed by atoms with van der Waals surface area (Å²) in [5, 5.41) is 10.9. The Balaban J connectivity index is 1.97. The smallest absolute Gasteiger partial charge is 0.440 e. The number of fused-ring (bicyclic) bond motifs is 3. The van der Waals surface area contributed by atoms with E-state index in [0.717, 1.165) is 24.3 Å². The first-order valence-corrected chi connectivity index (χ1v) is 8.21. The normalized spacial score (nSPS) is 20.4. The van der Waals surface area contributed by atoms with E-state index in [9.17, 15) is 28.1 Å². The van der Waals surface area contributed by atoms with Gasteiger partial charge in [-0.3, -0.25) is 14.9 Å². The Kier molecular flexibility index (Phi) is 3.61. The highest BCUT2D eigenvalue weighted by Crippen LogP contribution is 2.51. The molecular weight excluding hydrogens is 435 g/mol. The summed E-state index contributed by atoms with van der Waals surface area (Å²) in [5.74, 6) is -4.94. The number of carbonyl (C=O) groups is 1. The molecule has 0 bridgehead atoms. The van der Waals surface area contributed by atoms with Crippen LogP contribution in [-0.2, 0) is 0 Å². The molecule has 1 atom stereocenters. The number of hydrogen-bond acceptors (Lipinski definition) is 5. The van der Waals surface area contributed by atoms with Crippen molar-refractivity contribution in [1.29, 1.82) is 0 Å². The molecule has 0 saturated carbocycles. The van der Waals surface area contributed by atoms with Gasteiger partial charge in [-0.2, -0.15) is 13.2 Å². The van der Waals surface area contributed by atoms with Crippen LogP contribution in [0.4, 0.5) is 18.9 Å². The van der Waals surface area contributed by atoms with Crippen LogP contribution >= 0.6 is 15.9 Å². The van der Waals surface area contributed by atoms with Crippen molar-refractivity contribution in [2.75, 3.05) is 0 Å². The lowest BCUT2D eigenvalue weighted by molar-refractivity contribution is -0.385. The maximum absolute atomic E-state index is 14.0. The molecule has 27 heavy (non-hydrogen) atoms. The second-order valence-electron chi connectivity index (χ2n) is 5.83. The molecule has 2 aromatic carbocycles. The average Bonchev–Trinajstić information content (AvgIpc) is 2.59. The summed E-state index contributed by atoms with van der Waals surface area (Å²) in [6.07, 6.45) is -4.06. The molecule has 10 heteroatoms. The molecular formula is C17H7BrF3NO5. The summed E-state index contributed by atoms with van der Waals surface area (Å²) >= 11 is 3.20. The van der Waals surface area contributed by atoms with Gasteiger partial charge >= 0.3 is 12.0 Å². The second-order valence-corrected chi connectivity index (χ2v) is 6.74. The zero-order chi connectivity index (χ0) is 19.6. The van der Waals surface area contributed by atoms with Gasteiger partial charge in [-0.25, -0.2) is 0 Å². The van der Waals surface area contributed by atoms with Crippen molar-refractivity contribution < 1.29 is 32.4 Å². The third-order valence-corrected chi connectivity index (χ3v) is 4.66. The van der Waals surface area contributed by atoms with Crippen molar-refractivity contribution in [3.63, 3.8) is 0 Å². The number of non-ortho nitro benzene ring substituents is 1. The number of halogens is 4. The lowest BCUT2D eigenvalue weighted by atomic mass is 9.88. The number of rotatable bonds is 1. The maximum Gasteiger partial charge on any atom is 0.473 e. The molecule has 0 N–H and O–H groups in total. The molecule has 0 aromatic heterocycles. The van der Waals surface area contributed by atoms with Crippen LogP contribution in [0, 0.1) is 10.1 Å². The third-order valence-electron chi connectivity index (χ3n) is 4.17. The van der Waals surface area contributed by atoms with Gasteiger partial charge in [0.2, 0.25) is 5.78 Å². The maximum atomic E-state index is 14.0. The van der Waals surface area contributed by atoms with Crippen molar-refractivity contribution in [2.24, 2.45) is 0 Å². The van der Waals surface area contributed by atoms with Gasteiger partial charge in [0, 0.05) is 22.2 Å². The van der Waals surface area contributed by atoms with Crippen LogP contribution in [0.1, 0.15) is 15.9 Å². The zero-order valence-electron chi connectivity index (χ0n) is 13.0. The van der Waals surface area contributed by atoms with E-state index in [1.54, 1.807) is 0 Å². The van der Waals surface area contributed by atoms with Crippen LogP contribution < -0.4 is 9.47 Å². The number of alkyl halides is 3. The van der Waals surface area contributed by atoms with Gasteiger partial charge in [0.15, 0.2) is 0 Å². The van der Waals surface area contributed by atoms with Crippen molar-refractivity contribution in [3.8, 4) is 11.5 Å². The quantitative estimate of drug-likeness (QED) is 0.474. The largest absolute Gasteiger partial charge is 0.473 e. The molecule has 2 aromatic rings.